The van der Waals surface area contributed by atoms with Gasteiger partial charge in [0.05, 0.1) is 18.3 Å². The zero-order valence-electron chi connectivity index (χ0n) is 14.9. The lowest BCUT2D eigenvalue weighted by molar-refractivity contribution is -0.125. The average molecular weight is 344 g/mol. The number of pyridine rings is 1. The second-order valence-electron chi connectivity index (χ2n) is 7.35. The van der Waals surface area contributed by atoms with E-state index in [1.807, 2.05) is 30.1 Å². The SMILES string of the molecule is CN1C[C@@H](NC(=O)CC2CCCC2)C[C@H]1C(=O)NCc1ccccn1. The summed E-state index contributed by atoms with van der Waals surface area (Å²) in [7, 11) is 1.94. The first-order valence-electron chi connectivity index (χ1n) is 9.29. The lowest BCUT2D eigenvalue weighted by atomic mass is 10.0. The van der Waals surface area contributed by atoms with E-state index in [1.165, 1.54) is 25.7 Å². The molecule has 0 bridgehead atoms. The molecule has 6 heteroatoms. The average Bonchev–Trinajstić information content (AvgIpc) is 3.23. The van der Waals surface area contributed by atoms with Crippen LogP contribution in [0.1, 0.15) is 44.2 Å². The molecule has 2 fully saturated rings. The van der Waals surface area contributed by atoms with Crippen molar-refractivity contribution >= 4 is 11.8 Å². The van der Waals surface area contributed by atoms with E-state index in [4.69, 9.17) is 0 Å². The number of nitrogens with one attached hydrogen (secondary N) is 2. The Kier molecular flexibility index (Phi) is 6.02. The van der Waals surface area contributed by atoms with Crippen LogP contribution in [0.15, 0.2) is 24.4 Å². The maximum absolute atomic E-state index is 12.4. The van der Waals surface area contributed by atoms with Gasteiger partial charge in [0.15, 0.2) is 0 Å². The summed E-state index contributed by atoms with van der Waals surface area (Å²) in [5.74, 6) is 0.692. The van der Waals surface area contributed by atoms with Gasteiger partial charge in [-0.05, 0) is 44.4 Å². The summed E-state index contributed by atoms with van der Waals surface area (Å²) in [4.78, 5) is 30.9. The van der Waals surface area contributed by atoms with Crippen molar-refractivity contribution in [2.75, 3.05) is 13.6 Å². The molecule has 1 saturated heterocycles. The van der Waals surface area contributed by atoms with E-state index < -0.39 is 0 Å². The summed E-state index contributed by atoms with van der Waals surface area (Å²) in [5.41, 5.74) is 0.845. The van der Waals surface area contributed by atoms with E-state index >= 15 is 0 Å². The molecule has 0 unspecified atom stereocenters. The maximum Gasteiger partial charge on any atom is 0.237 e. The van der Waals surface area contributed by atoms with Gasteiger partial charge in [-0.1, -0.05) is 18.9 Å². The lowest BCUT2D eigenvalue weighted by Gasteiger charge is -2.18. The highest BCUT2D eigenvalue weighted by Gasteiger charge is 2.35. The van der Waals surface area contributed by atoms with Crippen molar-refractivity contribution in [3.8, 4) is 0 Å². The van der Waals surface area contributed by atoms with E-state index in [0.29, 0.717) is 25.3 Å². The van der Waals surface area contributed by atoms with Crippen molar-refractivity contribution in [2.45, 2.75) is 57.2 Å². The molecule has 2 atom stereocenters. The van der Waals surface area contributed by atoms with Gasteiger partial charge in [0.2, 0.25) is 11.8 Å². The van der Waals surface area contributed by atoms with Crippen molar-refractivity contribution in [1.82, 2.24) is 20.5 Å². The smallest absolute Gasteiger partial charge is 0.237 e. The third kappa shape index (κ3) is 5.01. The number of nitrogens with zero attached hydrogens (tertiary/aromatic N) is 2. The van der Waals surface area contributed by atoms with E-state index in [-0.39, 0.29) is 23.9 Å². The second kappa shape index (κ2) is 8.43. The summed E-state index contributed by atoms with van der Waals surface area (Å²) in [6.07, 6.45) is 7.88. The van der Waals surface area contributed by atoms with Crippen LogP contribution in [0.3, 0.4) is 0 Å². The fourth-order valence-electron chi connectivity index (χ4n) is 3.97. The summed E-state index contributed by atoms with van der Waals surface area (Å²) >= 11 is 0. The molecule has 0 aromatic carbocycles. The van der Waals surface area contributed by atoms with Gasteiger partial charge in [-0.3, -0.25) is 19.5 Å². The minimum atomic E-state index is -0.194. The summed E-state index contributed by atoms with van der Waals surface area (Å²) in [5, 5.41) is 6.07. The molecule has 25 heavy (non-hydrogen) atoms. The minimum Gasteiger partial charge on any atom is -0.352 e. The minimum absolute atomic E-state index is 0.000643. The zero-order chi connectivity index (χ0) is 17.6. The highest BCUT2D eigenvalue weighted by molar-refractivity contribution is 5.82. The lowest BCUT2D eigenvalue weighted by Crippen LogP contribution is -2.41. The van der Waals surface area contributed by atoms with Gasteiger partial charge in [-0.2, -0.15) is 0 Å². The van der Waals surface area contributed by atoms with Crippen LogP contribution in [-0.2, 0) is 16.1 Å². The standard InChI is InChI=1S/C19H28N4O2/c1-23-13-16(22-18(24)10-14-6-2-3-7-14)11-17(23)19(25)21-12-15-8-4-5-9-20-15/h4-5,8-9,14,16-17H,2-3,6-7,10-13H2,1H3,(H,21,25)(H,22,24)/t16-,17-/m0/s1. The third-order valence-corrected chi connectivity index (χ3v) is 5.33. The summed E-state index contributed by atoms with van der Waals surface area (Å²) in [6.45, 7) is 1.15. The first kappa shape index (κ1) is 17.9. The van der Waals surface area contributed by atoms with Crippen molar-refractivity contribution < 1.29 is 9.59 Å². The van der Waals surface area contributed by atoms with Crippen LogP contribution in [-0.4, -0.2) is 47.4 Å². The van der Waals surface area contributed by atoms with Crippen LogP contribution in [0.25, 0.3) is 0 Å². The summed E-state index contributed by atoms with van der Waals surface area (Å²) in [6, 6.07) is 5.52. The first-order chi connectivity index (χ1) is 12.1. The number of amides is 2. The number of carbonyl (C=O) groups is 2. The van der Waals surface area contributed by atoms with Crippen molar-refractivity contribution in [1.29, 1.82) is 0 Å². The van der Waals surface area contributed by atoms with Crippen LogP contribution in [0.4, 0.5) is 0 Å². The predicted molar refractivity (Wildman–Crippen MR) is 95.6 cm³/mol. The van der Waals surface area contributed by atoms with E-state index in [1.54, 1.807) is 6.20 Å². The fourth-order valence-corrected chi connectivity index (χ4v) is 3.97. The predicted octanol–water partition coefficient (Wildman–Crippen LogP) is 1.47. The van der Waals surface area contributed by atoms with Gasteiger partial charge in [-0.15, -0.1) is 0 Å². The molecular weight excluding hydrogens is 316 g/mol. The second-order valence-corrected chi connectivity index (χ2v) is 7.35. The number of hydrogen-bond donors (Lipinski definition) is 2. The molecule has 2 heterocycles. The van der Waals surface area contributed by atoms with E-state index in [9.17, 15) is 9.59 Å². The monoisotopic (exact) mass is 344 g/mol. The molecule has 2 N–H and O–H groups in total. The molecule has 1 aliphatic heterocycles. The molecule has 2 aliphatic rings. The van der Waals surface area contributed by atoms with Gasteiger partial charge in [0, 0.05) is 25.2 Å². The van der Waals surface area contributed by atoms with E-state index in [2.05, 4.69) is 15.6 Å². The molecule has 2 amide bonds. The molecule has 1 saturated carbocycles. The van der Waals surface area contributed by atoms with Crippen LogP contribution in [0.5, 0.6) is 0 Å². The number of likely N-dealkylation sites (tertiary alicyclic amines) is 1. The summed E-state index contributed by atoms with van der Waals surface area (Å²) < 4.78 is 0. The Morgan fingerprint density at radius 2 is 2.08 bits per heavy atom. The Morgan fingerprint density at radius 3 is 2.80 bits per heavy atom. The fraction of sp³-hybridized carbons (Fsp3) is 0.632. The molecule has 3 rings (SSSR count). The van der Waals surface area contributed by atoms with Gasteiger partial charge in [0.25, 0.3) is 0 Å². The quantitative estimate of drug-likeness (QED) is 0.819. The Morgan fingerprint density at radius 1 is 1.28 bits per heavy atom. The zero-order valence-corrected chi connectivity index (χ0v) is 14.9. The Labute approximate surface area is 149 Å². The molecule has 6 nitrogen and oxygen atoms in total. The molecule has 1 aliphatic carbocycles. The number of hydrogen-bond acceptors (Lipinski definition) is 4. The number of likely N-dealkylation sites (N-methyl/N-ethyl adjacent to an activating group) is 1. The van der Waals surface area contributed by atoms with Gasteiger partial charge in [0.1, 0.15) is 0 Å². The molecule has 1 aromatic rings. The van der Waals surface area contributed by atoms with Crippen molar-refractivity contribution in [2.24, 2.45) is 5.92 Å². The largest absolute Gasteiger partial charge is 0.352 e. The molecule has 136 valence electrons. The van der Waals surface area contributed by atoms with E-state index in [0.717, 1.165) is 12.2 Å². The number of carbonyl (C=O) groups excluding carboxylic acids is 2. The maximum atomic E-state index is 12.4. The normalized spacial score (nSPS) is 24.4. The van der Waals surface area contributed by atoms with Crippen molar-refractivity contribution in [3.63, 3.8) is 0 Å². The van der Waals surface area contributed by atoms with Crippen molar-refractivity contribution in [3.05, 3.63) is 30.1 Å². The highest BCUT2D eigenvalue weighted by atomic mass is 16.2. The molecule has 1 aromatic heterocycles. The first-order valence-corrected chi connectivity index (χ1v) is 9.29. The Bertz CT molecular complexity index is 586. The Balaban J connectivity index is 1.43. The molecule has 0 spiro atoms. The third-order valence-electron chi connectivity index (χ3n) is 5.33. The van der Waals surface area contributed by atoms with Gasteiger partial charge in [-0.25, -0.2) is 0 Å². The van der Waals surface area contributed by atoms with Gasteiger partial charge >= 0.3 is 0 Å². The number of aromatic nitrogens is 1. The van der Waals surface area contributed by atoms with Gasteiger partial charge < -0.3 is 10.6 Å². The Hall–Kier alpha value is -1.95. The van der Waals surface area contributed by atoms with Crippen LogP contribution >= 0.6 is 0 Å². The highest BCUT2D eigenvalue weighted by Crippen LogP contribution is 2.27. The van der Waals surface area contributed by atoms with Crippen LogP contribution in [0.2, 0.25) is 0 Å². The molecular formula is C19H28N4O2. The van der Waals surface area contributed by atoms with Crippen LogP contribution < -0.4 is 10.6 Å². The topological polar surface area (TPSA) is 74.3 Å². The molecule has 0 radical (unpaired) electrons. The van der Waals surface area contributed by atoms with Crippen LogP contribution in [0, 0.1) is 5.92 Å². The number of rotatable bonds is 6.